The molecular weight excluding hydrogens is 332 g/mol. The molecule has 0 aromatic heterocycles. The van der Waals surface area contributed by atoms with Crippen molar-refractivity contribution in [2.24, 2.45) is 5.16 Å². The molecule has 0 aliphatic heterocycles. The minimum absolute atomic E-state index is 0.00302. The van der Waals surface area contributed by atoms with E-state index in [1.807, 2.05) is 0 Å². The van der Waals surface area contributed by atoms with Crippen LogP contribution in [0.5, 0.6) is 0 Å². The summed E-state index contributed by atoms with van der Waals surface area (Å²) in [4.78, 5) is 9.91. The fraction of sp³-hybridized carbons (Fsp3) is 0.125. The van der Waals surface area contributed by atoms with Crippen LogP contribution in [-0.2, 0) is 0 Å². The van der Waals surface area contributed by atoms with Crippen molar-refractivity contribution in [3.63, 3.8) is 0 Å². The van der Waals surface area contributed by atoms with Crippen LogP contribution in [0.4, 0.5) is 5.69 Å². The molecule has 1 aromatic rings. The Hall–Kier alpha value is -0.950. The Morgan fingerprint density at radius 3 is 2.27 bits per heavy atom. The van der Waals surface area contributed by atoms with E-state index in [2.05, 4.69) is 37.0 Å². The van der Waals surface area contributed by atoms with Crippen LogP contribution < -0.4 is 0 Å². The molecule has 1 N–H and O–H groups in total. The summed E-state index contributed by atoms with van der Waals surface area (Å²) in [6.07, 6.45) is 0. The summed E-state index contributed by atoms with van der Waals surface area (Å²) in [5.74, 6) is 0. The first-order valence-corrected chi connectivity index (χ1v) is 5.64. The lowest BCUT2D eigenvalue weighted by molar-refractivity contribution is -0.384. The number of alkyl halides is 2. The van der Waals surface area contributed by atoms with Gasteiger partial charge in [-0.2, -0.15) is 0 Å². The molecule has 1 aromatic carbocycles. The Morgan fingerprint density at radius 1 is 1.40 bits per heavy atom. The van der Waals surface area contributed by atoms with Gasteiger partial charge in [0.05, 0.1) is 4.92 Å². The average molecular weight is 338 g/mol. The smallest absolute Gasteiger partial charge is 0.269 e. The van der Waals surface area contributed by atoms with Crippen molar-refractivity contribution >= 4 is 43.3 Å². The number of non-ortho nitro benzene ring substituents is 1. The van der Waals surface area contributed by atoms with Gasteiger partial charge in [0, 0.05) is 17.7 Å². The molecular formula is C8H6Br2N2O3. The lowest BCUT2D eigenvalue weighted by Crippen LogP contribution is -2.08. The van der Waals surface area contributed by atoms with E-state index in [-0.39, 0.29) is 9.42 Å². The molecule has 0 aliphatic rings. The van der Waals surface area contributed by atoms with Gasteiger partial charge < -0.3 is 5.21 Å². The first-order valence-electron chi connectivity index (χ1n) is 3.81. The van der Waals surface area contributed by atoms with Crippen molar-refractivity contribution in [2.45, 2.75) is 3.74 Å². The Bertz CT molecular complexity index is 389. The number of hydrogen-bond acceptors (Lipinski definition) is 4. The predicted molar refractivity (Wildman–Crippen MR) is 63.1 cm³/mol. The van der Waals surface area contributed by atoms with Gasteiger partial charge in [0.2, 0.25) is 0 Å². The van der Waals surface area contributed by atoms with Crippen molar-refractivity contribution in [2.75, 3.05) is 0 Å². The van der Waals surface area contributed by atoms with E-state index in [0.717, 1.165) is 0 Å². The van der Waals surface area contributed by atoms with E-state index in [0.29, 0.717) is 11.3 Å². The second kappa shape index (κ2) is 5.22. The van der Waals surface area contributed by atoms with Crippen LogP contribution in [0.3, 0.4) is 0 Å². The minimum Gasteiger partial charge on any atom is -0.411 e. The molecule has 0 unspecified atom stereocenters. The number of nitrogens with zero attached hydrogens (tertiary/aromatic N) is 2. The number of benzene rings is 1. The molecule has 0 radical (unpaired) electrons. The second-order valence-corrected chi connectivity index (χ2v) is 5.65. The van der Waals surface area contributed by atoms with Crippen molar-refractivity contribution in [1.29, 1.82) is 0 Å². The van der Waals surface area contributed by atoms with Gasteiger partial charge in [0.15, 0.2) is 0 Å². The van der Waals surface area contributed by atoms with Crippen molar-refractivity contribution < 1.29 is 10.1 Å². The summed E-state index contributed by atoms with van der Waals surface area (Å²) in [6.45, 7) is 0. The minimum atomic E-state index is -0.487. The number of hydrogen-bond donors (Lipinski definition) is 1. The number of oxime groups is 1. The van der Waals surface area contributed by atoms with E-state index in [4.69, 9.17) is 5.21 Å². The van der Waals surface area contributed by atoms with Crippen LogP contribution in [0.2, 0.25) is 0 Å². The van der Waals surface area contributed by atoms with Gasteiger partial charge in [-0.15, -0.1) is 0 Å². The van der Waals surface area contributed by atoms with Gasteiger partial charge in [0.25, 0.3) is 5.69 Å². The lowest BCUT2D eigenvalue weighted by Gasteiger charge is -2.04. The third kappa shape index (κ3) is 3.00. The maximum Gasteiger partial charge on any atom is 0.269 e. The summed E-state index contributed by atoms with van der Waals surface area (Å²) in [5, 5.41) is 22.2. The van der Waals surface area contributed by atoms with Crippen LogP contribution in [0.15, 0.2) is 29.4 Å². The average Bonchev–Trinajstić information content (AvgIpc) is 2.19. The van der Waals surface area contributed by atoms with Gasteiger partial charge in [-0.3, -0.25) is 10.1 Å². The van der Waals surface area contributed by atoms with Crippen LogP contribution in [0.1, 0.15) is 5.56 Å². The summed E-state index contributed by atoms with van der Waals surface area (Å²) in [6, 6.07) is 5.73. The van der Waals surface area contributed by atoms with E-state index in [1.54, 1.807) is 0 Å². The van der Waals surface area contributed by atoms with Crippen molar-refractivity contribution in [3.8, 4) is 0 Å². The Balaban J connectivity index is 3.03. The van der Waals surface area contributed by atoms with Crippen molar-refractivity contribution in [3.05, 3.63) is 39.9 Å². The summed E-state index contributed by atoms with van der Waals surface area (Å²) >= 11 is 6.35. The third-order valence-corrected chi connectivity index (χ3v) is 2.56. The molecule has 15 heavy (non-hydrogen) atoms. The molecule has 80 valence electrons. The highest BCUT2D eigenvalue weighted by molar-refractivity contribution is 9.25. The van der Waals surface area contributed by atoms with E-state index in [9.17, 15) is 10.1 Å². The highest BCUT2D eigenvalue weighted by Gasteiger charge is 2.13. The van der Waals surface area contributed by atoms with Crippen LogP contribution in [0, 0.1) is 10.1 Å². The lowest BCUT2D eigenvalue weighted by atomic mass is 10.1. The first kappa shape index (κ1) is 12.1. The van der Waals surface area contributed by atoms with Crippen LogP contribution >= 0.6 is 31.9 Å². The molecule has 7 heteroatoms. The van der Waals surface area contributed by atoms with Gasteiger partial charge in [0.1, 0.15) is 9.45 Å². The number of rotatable bonds is 3. The van der Waals surface area contributed by atoms with Gasteiger partial charge >= 0.3 is 0 Å². The second-order valence-electron chi connectivity index (χ2n) is 2.59. The largest absolute Gasteiger partial charge is 0.411 e. The molecule has 0 heterocycles. The molecule has 0 atom stereocenters. The molecule has 0 aliphatic carbocycles. The predicted octanol–water partition coefficient (Wildman–Crippen LogP) is 2.89. The number of nitro benzene ring substituents is 1. The highest BCUT2D eigenvalue weighted by atomic mass is 79.9. The third-order valence-electron chi connectivity index (χ3n) is 1.69. The normalized spacial score (nSPS) is 11.8. The molecule has 0 fully saturated rings. The van der Waals surface area contributed by atoms with Crippen LogP contribution in [0.25, 0.3) is 0 Å². The van der Waals surface area contributed by atoms with Crippen LogP contribution in [-0.4, -0.2) is 19.6 Å². The Labute approximate surface area is 102 Å². The monoisotopic (exact) mass is 336 g/mol. The fourth-order valence-electron chi connectivity index (χ4n) is 0.981. The molecule has 0 bridgehead atoms. The summed E-state index contributed by atoms with van der Waals surface area (Å²) < 4.78 is -0.309. The highest BCUT2D eigenvalue weighted by Crippen LogP contribution is 2.19. The summed E-state index contributed by atoms with van der Waals surface area (Å²) in [7, 11) is 0. The fourth-order valence-corrected chi connectivity index (χ4v) is 1.69. The molecule has 0 saturated heterocycles. The Morgan fingerprint density at radius 2 is 1.93 bits per heavy atom. The molecule has 1 rings (SSSR count). The van der Waals surface area contributed by atoms with E-state index < -0.39 is 4.92 Å². The maximum absolute atomic E-state index is 10.4. The standard InChI is InChI=1S/C8H6Br2N2O3/c9-8(10)7(11-13)5-1-3-6(4-2-5)12(14)15/h1-4,8,13H/b11-7-. The zero-order chi connectivity index (χ0) is 11.4. The number of halogens is 2. The molecule has 5 nitrogen and oxygen atoms in total. The summed E-state index contributed by atoms with van der Waals surface area (Å²) in [5.41, 5.74) is 0.948. The topological polar surface area (TPSA) is 75.7 Å². The van der Waals surface area contributed by atoms with Gasteiger partial charge in [-0.1, -0.05) is 37.0 Å². The first-order chi connectivity index (χ1) is 7.06. The zero-order valence-electron chi connectivity index (χ0n) is 7.30. The van der Waals surface area contributed by atoms with Gasteiger partial charge in [-0.25, -0.2) is 0 Å². The number of nitro groups is 1. The molecule has 0 saturated carbocycles. The molecule has 0 amide bonds. The maximum atomic E-state index is 10.4. The van der Waals surface area contributed by atoms with Crippen molar-refractivity contribution in [1.82, 2.24) is 0 Å². The SMILES string of the molecule is O=[N+]([O-])c1ccc(/C(=N/O)C(Br)Br)cc1. The van der Waals surface area contributed by atoms with E-state index >= 15 is 0 Å². The molecule has 0 spiro atoms. The van der Waals surface area contributed by atoms with Gasteiger partial charge in [-0.05, 0) is 12.1 Å². The zero-order valence-corrected chi connectivity index (χ0v) is 10.5. The Kier molecular flexibility index (Phi) is 4.22. The quantitative estimate of drug-likeness (QED) is 0.303. The van der Waals surface area contributed by atoms with E-state index in [1.165, 1.54) is 24.3 Å².